The van der Waals surface area contributed by atoms with Crippen molar-refractivity contribution in [3.8, 4) is 0 Å². The molecule has 1 aromatic rings. The summed E-state index contributed by atoms with van der Waals surface area (Å²) >= 11 is 0. The normalized spacial score (nSPS) is 18.8. The van der Waals surface area contributed by atoms with E-state index >= 15 is 0 Å². The molecule has 0 saturated carbocycles. The summed E-state index contributed by atoms with van der Waals surface area (Å²) in [4.78, 5) is 2.40. The van der Waals surface area contributed by atoms with Gasteiger partial charge < -0.3 is 5.32 Å². The van der Waals surface area contributed by atoms with Crippen LogP contribution in [0, 0.1) is 0 Å². The van der Waals surface area contributed by atoms with Crippen molar-refractivity contribution in [3.05, 3.63) is 35.4 Å². The molecule has 3 heteroatoms. The molecule has 1 fully saturated rings. The number of nitrogens with zero attached hydrogens (tertiary/aromatic N) is 1. The van der Waals surface area contributed by atoms with Gasteiger partial charge in [0.1, 0.15) is 0 Å². The Hall–Kier alpha value is -0.930. The van der Waals surface area contributed by atoms with Gasteiger partial charge in [-0.3, -0.25) is 9.29 Å². The van der Waals surface area contributed by atoms with Crippen molar-refractivity contribution < 1.29 is 4.39 Å². The molecule has 2 rings (SSSR count). The molecular formula is C15H23FN2. The second kappa shape index (κ2) is 6.86. The molecule has 1 aliphatic heterocycles. The van der Waals surface area contributed by atoms with Crippen molar-refractivity contribution >= 4 is 0 Å². The van der Waals surface area contributed by atoms with Gasteiger partial charge in [-0.25, -0.2) is 0 Å². The topological polar surface area (TPSA) is 15.3 Å². The fourth-order valence-electron chi connectivity index (χ4n) is 2.63. The Morgan fingerprint density at radius 2 is 1.89 bits per heavy atom. The standard InChI is InChI=1S/C15H23FN2/c1-2-13-3-5-14(6-4-13)15(7-8-16)18-11-9-17-10-12-18/h3-6,15,17H,2,7-12H2,1H3/t15-/m1/s1. The molecule has 0 aliphatic carbocycles. The van der Waals surface area contributed by atoms with Crippen molar-refractivity contribution in [3.63, 3.8) is 0 Å². The van der Waals surface area contributed by atoms with Crippen LogP contribution in [0.1, 0.15) is 30.5 Å². The van der Waals surface area contributed by atoms with E-state index in [4.69, 9.17) is 0 Å². The first-order valence-corrected chi connectivity index (χ1v) is 6.94. The maximum absolute atomic E-state index is 12.8. The average Bonchev–Trinajstić information content (AvgIpc) is 2.46. The summed E-state index contributed by atoms with van der Waals surface area (Å²) in [7, 11) is 0. The third-order valence-electron chi connectivity index (χ3n) is 3.75. The number of hydrogen-bond donors (Lipinski definition) is 1. The minimum Gasteiger partial charge on any atom is -0.314 e. The second-order valence-electron chi connectivity index (χ2n) is 4.87. The van der Waals surface area contributed by atoms with Crippen LogP contribution in [0.2, 0.25) is 0 Å². The van der Waals surface area contributed by atoms with Gasteiger partial charge in [-0.15, -0.1) is 0 Å². The van der Waals surface area contributed by atoms with Crippen LogP contribution < -0.4 is 5.32 Å². The Morgan fingerprint density at radius 3 is 2.44 bits per heavy atom. The molecule has 1 aromatic carbocycles. The minimum absolute atomic E-state index is 0.239. The first-order valence-electron chi connectivity index (χ1n) is 6.94. The van der Waals surface area contributed by atoms with Crippen LogP contribution in [0.5, 0.6) is 0 Å². The first kappa shape index (κ1) is 13.5. The van der Waals surface area contributed by atoms with E-state index in [1.165, 1.54) is 11.1 Å². The van der Waals surface area contributed by atoms with Gasteiger partial charge in [0.15, 0.2) is 0 Å². The third-order valence-corrected chi connectivity index (χ3v) is 3.75. The summed E-state index contributed by atoms with van der Waals surface area (Å²) < 4.78 is 12.8. The smallest absolute Gasteiger partial charge is 0.0912 e. The van der Waals surface area contributed by atoms with Crippen LogP contribution in [0.3, 0.4) is 0 Å². The molecule has 1 aliphatic rings. The molecule has 18 heavy (non-hydrogen) atoms. The molecule has 0 bridgehead atoms. The lowest BCUT2D eigenvalue weighted by atomic mass is 9.99. The zero-order valence-electron chi connectivity index (χ0n) is 11.2. The van der Waals surface area contributed by atoms with Gasteiger partial charge in [-0.05, 0) is 24.0 Å². The summed E-state index contributed by atoms with van der Waals surface area (Å²) in [6.07, 6.45) is 1.66. The summed E-state index contributed by atoms with van der Waals surface area (Å²) in [6.45, 7) is 5.96. The Balaban J connectivity index is 2.11. The summed E-state index contributed by atoms with van der Waals surface area (Å²) in [5, 5.41) is 3.35. The largest absolute Gasteiger partial charge is 0.314 e. The molecule has 0 radical (unpaired) electrons. The highest BCUT2D eigenvalue weighted by atomic mass is 19.1. The number of nitrogens with one attached hydrogen (secondary N) is 1. The lowest BCUT2D eigenvalue weighted by Gasteiger charge is -2.35. The molecule has 1 heterocycles. The van der Waals surface area contributed by atoms with E-state index in [9.17, 15) is 4.39 Å². The Morgan fingerprint density at radius 1 is 1.22 bits per heavy atom. The van der Waals surface area contributed by atoms with Gasteiger partial charge in [-0.2, -0.15) is 0 Å². The van der Waals surface area contributed by atoms with Gasteiger partial charge >= 0.3 is 0 Å². The molecule has 0 aromatic heterocycles. The highest BCUT2D eigenvalue weighted by Gasteiger charge is 2.21. The number of hydrogen-bond acceptors (Lipinski definition) is 2. The van der Waals surface area contributed by atoms with Crippen molar-refractivity contribution in [1.29, 1.82) is 0 Å². The maximum atomic E-state index is 12.8. The Kier molecular flexibility index (Phi) is 5.14. The molecule has 1 saturated heterocycles. The minimum atomic E-state index is -0.246. The molecule has 0 spiro atoms. The molecule has 0 amide bonds. The van der Waals surface area contributed by atoms with E-state index in [2.05, 4.69) is 41.4 Å². The van der Waals surface area contributed by atoms with Crippen LogP contribution in [0.15, 0.2) is 24.3 Å². The monoisotopic (exact) mass is 250 g/mol. The molecule has 100 valence electrons. The maximum Gasteiger partial charge on any atom is 0.0912 e. The lowest BCUT2D eigenvalue weighted by molar-refractivity contribution is 0.157. The van der Waals surface area contributed by atoms with Crippen molar-refractivity contribution in [1.82, 2.24) is 10.2 Å². The summed E-state index contributed by atoms with van der Waals surface area (Å²) in [5.41, 5.74) is 2.60. The van der Waals surface area contributed by atoms with Crippen LogP contribution in [-0.4, -0.2) is 37.8 Å². The molecular weight excluding hydrogens is 227 g/mol. The second-order valence-corrected chi connectivity index (χ2v) is 4.87. The van der Waals surface area contributed by atoms with Crippen molar-refractivity contribution in [2.24, 2.45) is 0 Å². The van der Waals surface area contributed by atoms with E-state index in [0.717, 1.165) is 32.6 Å². The van der Waals surface area contributed by atoms with Gasteiger partial charge in [0.2, 0.25) is 0 Å². The number of halogens is 1. The molecule has 1 N–H and O–H groups in total. The van der Waals surface area contributed by atoms with Gasteiger partial charge in [0.25, 0.3) is 0 Å². The first-order chi connectivity index (χ1) is 8.85. The van der Waals surface area contributed by atoms with Crippen molar-refractivity contribution in [2.45, 2.75) is 25.8 Å². The van der Waals surface area contributed by atoms with Gasteiger partial charge in [-0.1, -0.05) is 31.2 Å². The van der Waals surface area contributed by atoms with E-state index < -0.39 is 0 Å². The molecule has 2 nitrogen and oxygen atoms in total. The van der Waals surface area contributed by atoms with Crippen LogP contribution in [0.25, 0.3) is 0 Å². The fourth-order valence-corrected chi connectivity index (χ4v) is 2.63. The highest BCUT2D eigenvalue weighted by molar-refractivity contribution is 5.25. The SMILES string of the molecule is CCc1ccc([C@@H](CCF)N2CCNCC2)cc1. The summed E-state index contributed by atoms with van der Waals surface area (Å²) in [6, 6.07) is 8.91. The van der Waals surface area contributed by atoms with E-state index in [-0.39, 0.29) is 12.7 Å². The third kappa shape index (κ3) is 3.30. The predicted molar refractivity (Wildman–Crippen MR) is 73.6 cm³/mol. The Labute approximate surface area is 109 Å². The molecule has 0 unspecified atom stereocenters. The number of benzene rings is 1. The zero-order valence-corrected chi connectivity index (χ0v) is 11.2. The number of piperazine rings is 1. The number of alkyl halides is 1. The summed E-state index contributed by atoms with van der Waals surface area (Å²) in [5.74, 6) is 0. The quantitative estimate of drug-likeness (QED) is 0.864. The van der Waals surface area contributed by atoms with E-state index in [1.54, 1.807) is 0 Å². The van der Waals surface area contributed by atoms with E-state index in [0.29, 0.717) is 6.42 Å². The van der Waals surface area contributed by atoms with Gasteiger partial charge in [0.05, 0.1) is 6.67 Å². The predicted octanol–water partition coefficient (Wildman–Crippen LogP) is 2.55. The average molecular weight is 250 g/mol. The van der Waals surface area contributed by atoms with E-state index in [1.807, 2.05) is 0 Å². The lowest BCUT2D eigenvalue weighted by Crippen LogP contribution is -2.45. The fraction of sp³-hybridized carbons (Fsp3) is 0.600. The zero-order chi connectivity index (χ0) is 12.8. The Bertz CT molecular complexity index is 344. The highest BCUT2D eigenvalue weighted by Crippen LogP contribution is 2.25. The van der Waals surface area contributed by atoms with Crippen LogP contribution in [0.4, 0.5) is 4.39 Å². The number of aryl methyl sites for hydroxylation is 1. The van der Waals surface area contributed by atoms with Crippen LogP contribution >= 0.6 is 0 Å². The van der Waals surface area contributed by atoms with Gasteiger partial charge in [0, 0.05) is 32.2 Å². The molecule has 1 atom stereocenters. The number of rotatable bonds is 5. The van der Waals surface area contributed by atoms with Crippen LogP contribution in [-0.2, 0) is 6.42 Å². The van der Waals surface area contributed by atoms with Crippen molar-refractivity contribution in [2.75, 3.05) is 32.9 Å².